The van der Waals surface area contributed by atoms with Gasteiger partial charge in [-0.1, -0.05) is 109 Å². The Labute approximate surface area is 286 Å². The van der Waals surface area contributed by atoms with Crippen molar-refractivity contribution in [2.75, 3.05) is 0 Å². The molecule has 10 rings (SSSR count). The summed E-state index contributed by atoms with van der Waals surface area (Å²) in [5, 5.41) is 0. The molecule has 0 heterocycles. The minimum absolute atomic E-state index is 0.422. The van der Waals surface area contributed by atoms with Crippen LogP contribution >= 0.6 is 0 Å². The summed E-state index contributed by atoms with van der Waals surface area (Å²) in [6.45, 7) is 0. The van der Waals surface area contributed by atoms with Gasteiger partial charge in [0.25, 0.3) is 0 Å². The highest BCUT2D eigenvalue weighted by Crippen LogP contribution is 2.52. The monoisotopic (exact) mass is 620 g/mol. The third-order valence-corrected chi connectivity index (χ3v) is 12.5. The maximum atomic E-state index is 2.67. The average molecular weight is 621 g/mol. The highest BCUT2D eigenvalue weighted by atomic mass is 14.4. The summed E-state index contributed by atoms with van der Waals surface area (Å²) in [5.74, 6) is 1.28. The zero-order valence-corrected chi connectivity index (χ0v) is 28.0. The molecule has 0 fully saturated rings. The molecular formula is C48H44. The smallest absolute Gasteiger partial charge is 0.0133 e. The number of benzene rings is 2. The van der Waals surface area contributed by atoms with Crippen LogP contribution < -0.4 is 0 Å². The van der Waals surface area contributed by atoms with E-state index in [1.165, 1.54) is 60.8 Å². The van der Waals surface area contributed by atoms with E-state index in [1.54, 1.807) is 61.3 Å². The molecule has 0 N–H and O–H groups in total. The van der Waals surface area contributed by atoms with Crippen LogP contribution in [0.3, 0.4) is 0 Å². The summed E-state index contributed by atoms with van der Waals surface area (Å²) in [4.78, 5) is 0. The molecule has 236 valence electrons. The Kier molecular flexibility index (Phi) is 6.92. The van der Waals surface area contributed by atoms with Crippen molar-refractivity contribution >= 4 is 18.2 Å². The van der Waals surface area contributed by atoms with Gasteiger partial charge >= 0.3 is 0 Å². The van der Waals surface area contributed by atoms with E-state index in [9.17, 15) is 0 Å². The van der Waals surface area contributed by atoms with Gasteiger partial charge in [-0.2, -0.15) is 0 Å². The zero-order valence-electron chi connectivity index (χ0n) is 28.0. The zero-order chi connectivity index (χ0) is 31.6. The molecule has 0 bridgehead atoms. The molecule has 0 saturated carbocycles. The first-order valence-electron chi connectivity index (χ1n) is 18.7. The number of allylic oxidation sites excluding steroid dienone is 19. The van der Waals surface area contributed by atoms with Gasteiger partial charge in [0, 0.05) is 17.8 Å². The van der Waals surface area contributed by atoms with E-state index >= 15 is 0 Å². The molecule has 0 spiro atoms. The molecule has 0 nitrogen and oxygen atoms in total. The fraction of sp³-hybridized carbons (Fsp3) is 0.292. The first kappa shape index (κ1) is 28.6. The van der Waals surface area contributed by atoms with Crippen LogP contribution in [0.15, 0.2) is 142 Å². The topological polar surface area (TPSA) is 0 Å². The molecule has 0 radical (unpaired) electrons. The molecule has 0 aromatic heterocycles. The van der Waals surface area contributed by atoms with Crippen molar-refractivity contribution in [1.29, 1.82) is 0 Å². The molecule has 0 aliphatic heterocycles. The molecule has 3 unspecified atom stereocenters. The van der Waals surface area contributed by atoms with E-state index < -0.39 is 0 Å². The van der Waals surface area contributed by atoms with Crippen molar-refractivity contribution in [2.24, 2.45) is 5.92 Å². The highest BCUT2D eigenvalue weighted by molar-refractivity contribution is 5.82. The van der Waals surface area contributed by atoms with Crippen LogP contribution in [0.1, 0.15) is 109 Å². The van der Waals surface area contributed by atoms with E-state index in [4.69, 9.17) is 0 Å². The highest BCUT2D eigenvalue weighted by Gasteiger charge is 2.35. The lowest BCUT2D eigenvalue weighted by Gasteiger charge is -2.38. The van der Waals surface area contributed by atoms with E-state index in [1.807, 2.05) is 0 Å². The molecule has 0 saturated heterocycles. The number of fused-ring (bicyclic) bond motifs is 6. The van der Waals surface area contributed by atoms with Crippen LogP contribution in [0.4, 0.5) is 0 Å². The van der Waals surface area contributed by atoms with Gasteiger partial charge in [0.1, 0.15) is 0 Å². The third-order valence-electron chi connectivity index (χ3n) is 12.5. The molecule has 2 aromatic rings. The molecule has 0 amide bonds. The molecule has 8 aliphatic carbocycles. The Balaban J connectivity index is 1.14. The first-order valence-corrected chi connectivity index (χ1v) is 18.7. The number of rotatable bonds is 3. The van der Waals surface area contributed by atoms with Gasteiger partial charge in [-0.15, -0.1) is 0 Å². The maximum absolute atomic E-state index is 2.67. The van der Waals surface area contributed by atoms with Crippen molar-refractivity contribution < 1.29 is 0 Å². The van der Waals surface area contributed by atoms with Gasteiger partial charge in [-0.3, -0.25) is 0 Å². The standard InChI is InChI=1S/C48H44/c1-4-12-34-25-37(20-17-31(34)9-1)38-23-24-43-45(40-22-19-33-11-3-6-14-36(33)27-40)29-47-42-16-8-7-15-41(42)44(30-48(47)46(43)28-38)39-21-18-32-10-2-5-13-35(32)26-39/h1,3,5-9,11,13-15,18-19,21-22,25,28-30,39-40,42H,2,4,10,12,16-17,20,23-24,26-27H2. The van der Waals surface area contributed by atoms with Gasteiger partial charge in [0.15, 0.2) is 0 Å². The maximum Gasteiger partial charge on any atom is 0.0133 e. The lowest BCUT2D eigenvalue weighted by Crippen LogP contribution is -2.22. The van der Waals surface area contributed by atoms with Crippen LogP contribution in [0.25, 0.3) is 18.2 Å². The minimum Gasteiger partial charge on any atom is -0.0839 e. The Hall–Kier alpha value is -4.42. The third kappa shape index (κ3) is 4.79. The molecule has 2 aromatic carbocycles. The second-order valence-corrected chi connectivity index (χ2v) is 15.2. The van der Waals surface area contributed by atoms with Crippen molar-refractivity contribution in [3.8, 4) is 0 Å². The van der Waals surface area contributed by atoms with Crippen molar-refractivity contribution in [1.82, 2.24) is 0 Å². The summed E-state index contributed by atoms with van der Waals surface area (Å²) >= 11 is 0. The minimum atomic E-state index is 0.422. The summed E-state index contributed by atoms with van der Waals surface area (Å²) in [5.41, 5.74) is 23.3. The lowest BCUT2D eigenvalue weighted by atomic mass is 9.66. The summed E-state index contributed by atoms with van der Waals surface area (Å²) < 4.78 is 0. The van der Waals surface area contributed by atoms with E-state index in [2.05, 4.69) is 115 Å². The normalized spacial score (nSPS) is 26.4. The van der Waals surface area contributed by atoms with Gasteiger partial charge in [-0.05, 0) is 160 Å². The van der Waals surface area contributed by atoms with Gasteiger partial charge in [-0.25, -0.2) is 0 Å². The van der Waals surface area contributed by atoms with E-state index in [0.717, 1.165) is 32.1 Å². The molecule has 3 atom stereocenters. The largest absolute Gasteiger partial charge is 0.0839 e. The predicted octanol–water partition coefficient (Wildman–Crippen LogP) is 12.3. The lowest BCUT2D eigenvalue weighted by molar-refractivity contribution is 0.690. The van der Waals surface area contributed by atoms with Crippen molar-refractivity contribution in [3.63, 3.8) is 0 Å². The summed E-state index contributed by atoms with van der Waals surface area (Å²) in [6.07, 6.45) is 47.3. The molecular weight excluding hydrogens is 577 g/mol. The SMILES string of the molecule is C1=CCC2C(=C1)C(C1C=CC3=C(C=CCC3)C1)=Cc1c2cc(C2C=Cc3ccccc3C2)c2c1C=C(C1=CC3=C(C=CCC3)CC1)CC2. The fourth-order valence-corrected chi connectivity index (χ4v) is 10.0. The average Bonchev–Trinajstić information content (AvgIpc) is 3.16. The number of hydrogen-bond acceptors (Lipinski definition) is 0. The van der Waals surface area contributed by atoms with Crippen molar-refractivity contribution in [2.45, 2.75) is 82.5 Å². The quantitative estimate of drug-likeness (QED) is 0.320. The number of hydrogen-bond donors (Lipinski definition) is 0. The van der Waals surface area contributed by atoms with Gasteiger partial charge in [0.2, 0.25) is 0 Å². The summed E-state index contributed by atoms with van der Waals surface area (Å²) in [7, 11) is 0. The predicted molar refractivity (Wildman–Crippen MR) is 203 cm³/mol. The Morgan fingerprint density at radius 1 is 0.562 bits per heavy atom. The second-order valence-electron chi connectivity index (χ2n) is 15.2. The van der Waals surface area contributed by atoms with Crippen LogP contribution in [-0.4, -0.2) is 0 Å². The molecule has 8 aliphatic rings. The fourth-order valence-electron chi connectivity index (χ4n) is 10.0. The molecule has 48 heavy (non-hydrogen) atoms. The summed E-state index contributed by atoms with van der Waals surface area (Å²) in [6, 6.07) is 11.7. The Morgan fingerprint density at radius 2 is 1.38 bits per heavy atom. The molecule has 0 heteroatoms. The van der Waals surface area contributed by atoms with Crippen LogP contribution in [0.2, 0.25) is 0 Å². The Bertz CT molecular complexity index is 2100. The van der Waals surface area contributed by atoms with Crippen LogP contribution in [-0.2, 0) is 12.8 Å². The van der Waals surface area contributed by atoms with Crippen LogP contribution in [0.5, 0.6) is 0 Å². The van der Waals surface area contributed by atoms with Crippen molar-refractivity contribution in [3.05, 3.63) is 181 Å². The second kappa shape index (κ2) is 11.6. The van der Waals surface area contributed by atoms with E-state index in [-0.39, 0.29) is 0 Å². The van der Waals surface area contributed by atoms with Gasteiger partial charge < -0.3 is 0 Å². The van der Waals surface area contributed by atoms with E-state index in [0.29, 0.717) is 17.8 Å². The van der Waals surface area contributed by atoms with Gasteiger partial charge in [0.05, 0.1) is 0 Å². The first-order chi connectivity index (χ1) is 23.8. The Morgan fingerprint density at radius 3 is 2.33 bits per heavy atom. The van der Waals surface area contributed by atoms with Crippen LogP contribution in [0, 0.1) is 5.92 Å².